The van der Waals surface area contributed by atoms with E-state index in [0.717, 1.165) is 4.85 Å². The van der Waals surface area contributed by atoms with Crippen LogP contribution in [-0.4, -0.2) is 32.6 Å². The molecule has 0 aliphatic rings. The van der Waals surface area contributed by atoms with Gasteiger partial charge in [0.05, 0.1) is 0 Å². The molecule has 82 valence electrons. The lowest BCUT2D eigenvalue weighted by Gasteiger charge is -1.94. The molecule has 0 aliphatic carbocycles. The van der Waals surface area contributed by atoms with Crippen molar-refractivity contribution in [1.29, 1.82) is 0 Å². The number of hydrogen-bond acceptors (Lipinski definition) is 3. The second-order valence-corrected chi connectivity index (χ2v) is 2.34. The third-order valence-electron chi connectivity index (χ3n) is 1.21. The molecule has 0 radical (unpaired) electrons. The van der Waals surface area contributed by atoms with Crippen LogP contribution in [0.5, 0.6) is 0 Å². The summed E-state index contributed by atoms with van der Waals surface area (Å²) in [6, 6.07) is 3.53. The minimum atomic E-state index is -6.00. The van der Waals surface area contributed by atoms with Gasteiger partial charge in [0.15, 0.2) is 0 Å². The summed E-state index contributed by atoms with van der Waals surface area (Å²) in [4.78, 5) is 4.79. The minimum absolute atomic E-state index is 0.488. The Kier molecular flexibility index (Phi) is 3.07. The van der Waals surface area contributed by atoms with Crippen LogP contribution in [0, 0.1) is 0 Å². The molecule has 0 saturated carbocycles. The summed E-state index contributed by atoms with van der Waals surface area (Å²) in [6.07, 6.45) is 1.61. The van der Waals surface area contributed by atoms with E-state index in [1.165, 1.54) is 0 Å². The lowest BCUT2D eigenvalue weighted by molar-refractivity contribution is 0.153. The Morgan fingerprint density at radius 1 is 1.27 bits per heavy atom. The molecule has 15 heavy (non-hydrogen) atoms. The van der Waals surface area contributed by atoms with Crippen LogP contribution in [0.4, 0.5) is 17.3 Å². The average Bonchev–Trinajstić information content (AvgIpc) is 2.46. The average molecular weight is 224 g/mol. The van der Waals surface area contributed by atoms with Crippen LogP contribution < -0.4 is 0 Å². The highest BCUT2D eigenvalue weighted by molar-refractivity contribution is 6.50. The van der Waals surface area contributed by atoms with E-state index in [0.29, 0.717) is 11.2 Å². The van der Waals surface area contributed by atoms with E-state index in [1.807, 2.05) is 0 Å². The van der Waals surface area contributed by atoms with Crippen LogP contribution in [0.1, 0.15) is 0 Å². The first-order valence-corrected chi connectivity index (χ1v) is 3.63. The molecule has 2 N–H and O–H groups in total. The Morgan fingerprint density at radius 2 is 1.87 bits per heavy atom. The van der Waals surface area contributed by atoms with Crippen LogP contribution in [0.15, 0.2) is 18.3 Å². The SMILES string of the molecule is F[B-](F)(F)F.[OH2+]n1nnc2cccnc21. The first-order valence-electron chi connectivity index (χ1n) is 3.63. The number of hydrogen-bond donors (Lipinski definition) is 0. The van der Waals surface area contributed by atoms with Gasteiger partial charge in [0.2, 0.25) is 0 Å². The topological polar surface area (TPSA) is 66.5 Å². The number of fused-ring (bicyclic) bond motifs is 1. The minimum Gasteiger partial charge on any atom is -0.470 e. The molecule has 0 spiro atoms. The lowest BCUT2D eigenvalue weighted by Crippen LogP contribution is -2.02. The summed E-state index contributed by atoms with van der Waals surface area (Å²) >= 11 is 0. The predicted molar refractivity (Wildman–Crippen MR) is 44.5 cm³/mol. The molecule has 0 aromatic carbocycles. The highest BCUT2D eigenvalue weighted by Crippen LogP contribution is 2.06. The number of aromatic nitrogens is 4. The Morgan fingerprint density at radius 3 is 2.40 bits per heavy atom. The Balaban J connectivity index is 0.000000195. The van der Waals surface area contributed by atoms with Crippen molar-refractivity contribution in [1.82, 2.24) is 20.1 Å². The molecule has 0 unspecified atom stereocenters. The van der Waals surface area contributed by atoms with Crippen LogP contribution >= 0.6 is 0 Å². The molecule has 0 fully saturated rings. The maximum atomic E-state index is 9.75. The lowest BCUT2D eigenvalue weighted by atomic mass is 10.3. The molecular weight excluding hydrogens is 219 g/mol. The molecule has 0 amide bonds. The predicted octanol–water partition coefficient (Wildman–Crippen LogP) is 0.614. The number of halogens is 4. The second kappa shape index (κ2) is 4.11. The van der Waals surface area contributed by atoms with Gasteiger partial charge in [-0.25, -0.2) is 4.98 Å². The smallest absolute Gasteiger partial charge is 0.470 e. The standard InChI is InChI=1S/C5H4N4O.BF4/c10-9-5-4(7-8-9)2-1-3-6-5;2-1(3,4)5/h1-3,10H;/q;-1/p+1. The zero-order chi connectivity index (χ0) is 11.5. The summed E-state index contributed by atoms with van der Waals surface area (Å²) in [5.74, 6) is 0. The number of rotatable bonds is 0. The van der Waals surface area contributed by atoms with Crippen LogP contribution in [-0.2, 0) is 0 Å². The van der Waals surface area contributed by atoms with Gasteiger partial charge in [-0.3, -0.25) is 0 Å². The van der Waals surface area contributed by atoms with Crippen molar-refractivity contribution in [2.75, 3.05) is 0 Å². The molecule has 2 heterocycles. The van der Waals surface area contributed by atoms with Crippen LogP contribution in [0.2, 0.25) is 0 Å². The molecule has 5 nitrogen and oxygen atoms in total. The highest BCUT2D eigenvalue weighted by atomic mass is 19.5. The molecule has 2 rings (SSSR count). The molecule has 10 heteroatoms. The molecule has 2 aromatic heterocycles. The summed E-state index contributed by atoms with van der Waals surface area (Å²) < 4.78 is 39.0. The van der Waals surface area contributed by atoms with Gasteiger partial charge in [0.1, 0.15) is 5.52 Å². The summed E-state index contributed by atoms with van der Waals surface area (Å²) in [7, 11) is -6.00. The third kappa shape index (κ3) is 3.79. The van der Waals surface area contributed by atoms with Crippen molar-refractivity contribution in [2.45, 2.75) is 0 Å². The van der Waals surface area contributed by atoms with E-state index in [4.69, 9.17) is 5.21 Å². The van der Waals surface area contributed by atoms with Crippen molar-refractivity contribution in [2.24, 2.45) is 0 Å². The van der Waals surface area contributed by atoms with Gasteiger partial charge in [0.25, 0.3) is 5.65 Å². The Hall–Kier alpha value is -1.87. The molecule has 0 saturated heterocycles. The van der Waals surface area contributed by atoms with Gasteiger partial charge in [-0.2, -0.15) is 0 Å². The van der Waals surface area contributed by atoms with Gasteiger partial charge in [-0.1, -0.05) is 0 Å². The molecule has 2 aromatic rings. The second-order valence-electron chi connectivity index (χ2n) is 2.34. The first kappa shape index (κ1) is 11.2. The Labute approximate surface area is 80.4 Å². The summed E-state index contributed by atoms with van der Waals surface area (Å²) in [6.45, 7) is 0. The van der Waals surface area contributed by atoms with Crippen molar-refractivity contribution in [3.63, 3.8) is 0 Å². The molecule has 0 bridgehead atoms. The number of nitrogens with zero attached hydrogens (tertiary/aromatic N) is 4. The number of pyridine rings is 1. The maximum Gasteiger partial charge on any atom is 0.673 e. The molecule has 0 atom stereocenters. The van der Waals surface area contributed by atoms with Gasteiger partial charge in [-0.15, -0.1) is 5.10 Å². The van der Waals surface area contributed by atoms with E-state index >= 15 is 0 Å². The van der Waals surface area contributed by atoms with Crippen molar-refractivity contribution in [3.05, 3.63) is 18.3 Å². The fraction of sp³-hybridized carbons (Fsp3) is 0. The van der Waals surface area contributed by atoms with Crippen molar-refractivity contribution in [3.8, 4) is 0 Å². The largest absolute Gasteiger partial charge is 0.673 e. The van der Waals surface area contributed by atoms with Crippen molar-refractivity contribution < 1.29 is 22.5 Å². The van der Waals surface area contributed by atoms with E-state index in [9.17, 15) is 17.3 Å². The van der Waals surface area contributed by atoms with Gasteiger partial charge >= 0.3 is 7.25 Å². The van der Waals surface area contributed by atoms with Crippen molar-refractivity contribution >= 4 is 18.4 Å². The highest BCUT2D eigenvalue weighted by Gasteiger charge is 2.20. The summed E-state index contributed by atoms with van der Waals surface area (Å²) in [5.41, 5.74) is 1.14. The normalized spacial score (nSPS) is 10.9. The van der Waals surface area contributed by atoms with E-state index in [-0.39, 0.29) is 0 Å². The zero-order valence-electron chi connectivity index (χ0n) is 7.11. The summed E-state index contributed by atoms with van der Waals surface area (Å²) in [5, 5.41) is 14.3. The van der Waals surface area contributed by atoms with E-state index in [1.54, 1.807) is 18.3 Å². The van der Waals surface area contributed by atoms with E-state index < -0.39 is 7.25 Å². The quantitative estimate of drug-likeness (QED) is 0.374. The van der Waals surface area contributed by atoms with Crippen LogP contribution in [0.3, 0.4) is 0 Å². The Bertz CT molecular complexity index is 438. The maximum absolute atomic E-state index is 9.75. The van der Waals surface area contributed by atoms with Gasteiger partial charge < -0.3 is 22.5 Å². The van der Waals surface area contributed by atoms with Gasteiger partial charge in [0, 0.05) is 16.3 Å². The van der Waals surface area contributed by atoms with Crippen LogP contribution in [0.25, 0.3) is 11.2 Å². The first-order chi connectivity index (χ1) is 6.88. The fourth-order valence-electron chi connectivity index (χ4n) is 0.765. The van der Waals surface area contributed by atoms with Gasteiger partial charge in [-0.05, 0) is 12.1 Å². The molecule has 0 aliphatic heterocycles. The zero-order valence-corrected chi connectivity index (χ0v) is 7.11. The van der Waals surface area contributed by atoms with E-state index in [2.05, 4.69) is 15.3 Å². The molecular formula is C5H5BF4N4O. The monoisotopic (exact) mass is 224 g/mol. The third-order valence-corrected chi connectivity index (χ3v) is 1.21. The fourth-order valence-corrected chi connectivity index (χ4v) is 0.765.